The van der Waals surface area contributed by atoms with E-state index in [0.717, 1.165) is 10.6 Å². The number of ether oxygens (including phenoxy) is 1. The SMILES string of the molecule is O=C(O)COc1ccc(NCc2cccnc2)s1. The molecular formula is C12H12N2O3S. The van der Waals surface area contributed by atoms with E-state index >= 15 is 0 Å². The molecule has 0 aliphatic heterocycles. The smallest absolute Gasteiger partial charge is 0.341 e. The summed E-state index contributed by atoms with van der Waals surface area (Å²) in [6.45, 7) is 0.356. The van der Waals surface area contributed by atoms with Gasteiger partial charge in [-0.05, 0) is 23.8 Å². The molecule has 0 radical (unpaired) electrons. The van der Waals surface area contributed by atoms with E-state index in [1.54, 1.807) is 18.5 Å². The minimum atomic E-state index is -0.978. The molecule has 0 bridgehead atoms. The number of anilines is 1. The Morgan fingerprint density at radius 3 is 3.06 bits per heavy atom. The molecule has 0 saturated heterocycles. The third-order valence-corrected chi connectivity index (χ3v) is 3.06. The third-order valence-electron chi connectivity index (χ3n) is 2.11. The fourth-order valence-corrected chi connectivity index (χ4v) is 2.07. The fraction of sp³-hybridized carbons (Fsp3) is 0.167. The number of carbonyl (C=O) groups is 1. The standard InChI is InChI=1S/C12H12N2O3S/c15-11(16)8-17-12-4-3-10(18-12)14-7-9-2-1-5-13-6-9/h1-6,14H,7-8H2,(H,15,16). The van der Waals surface area contributed by atoms with Gasteiger partial charge in [-0.2, -0.15) is 0 Å². The third kappa shape index (κ3) is 3.74. The summed E-state index contributed by atoms with van der Waals surface area (Å²) < 4.78 is 5.07. The van der Waals surface area contributed by atoms with Gasteiger partial charge in [-0.15, -0.1) is 0 Å². The van der Waals surface area contributed by atoms with Gasteiger partial charge >= 0.3 is 5.97 Å². The molecule has 0 aromatic carbocycles. The molecule has 0 aliphatic rings. The molecule has 2 N–H and O–H groups in total. The van der Waals surface area contributed by atoms with Crippen molar-refractivity contribution in [3.63, 3.8) is 0 Å². The van der Waals surface area contributed by atoms with Crippen molar-refractivity contribution in [1.82, 2.24) is 4.98 Å². The van der Waals surface area contributed by atoms with Gasteiger partial charge in [0.1, 0.15) is 0 Å². The quantitative estimate of drug-likeness (QED) is 0.837. The minimum Gasteiger partial charge on any atom is -0.479 e. The molecule has 0 fully saturated rings. The highest BCUT2D eigenvalue weighted by Gasteiger charge is 2.03. The van der Waals surface area contributed by atoms with Crippen molar-refractivity contribution in [2.45, 2.75) is 6.54 Å². The Morgan fingerprint density at radius 1 is 1.44 bits per heavy atom. The zero-order chi connectivity index (χ0) is 12.8. The maximum absolute atomic E-state index is 10.3. The number of nitrogens with zero attached hydrogens (tertiary/aromatic N) is 1. The molecule has 0 amide bonds. The van der Waals surface area contributed by atoms with Crippen LogP contribution in [-0.4, -0.2) is 22.7 Å². The molecule has 5 nitrogen and oxygen atoms in total. The summed E-state index contributed by atoms with van der Waals surface area (Å²) in [6, 6.07) is 7.47. The molecule has 2 heterocycles. The van der Waals surface area contributed by atoms with Crippen molar-refractivity contribution in [2.24, 2.45) is 0 Å². The van der Waals surface area contributed by atoms with Gasteiger partial charge in [-0.3, -0.25) is 4.98 Å². The number of thiophene rings is 1. The van der Waals surface area contributed by atoms with Gasteiger partial charge in [0.25, 0.3) is 0 Å². The van der Waals surface area contributed by atoms with Gasteiger partial charge in [0.15, 0.2) is 11.7 Å². The second kappa shape index (κ2) is 6.02. The van der Waals surface area contributed by atoms with E-state index in [1.165, 1.54) is 11.3 Å². The zero-order valence-corrected chi connectivity index (χ0v) is 10.3. The van der Waals surface area contributed by atoms with Gasteiger partial charge in [0, 0.05) is 18.9 Å². The topological polar surface area (TPSA) is 71.5 Å². The van der Waals surface area contributed by atoms with E-state index in [9.17, 15) is 4.79 Å². The number of nitrogens with one attached hydrogen (secondary N) is 1. The van der Waals surface area contributed by atoms with Crippen LogP contribution in [-0.2, 0) is 11.3 Å². The lowest BCUT2D eigenvalue weighted by Crippen LogP contribution is -2.08. The summed E-state index contributed by atoms with van der Waals surface area (Å²) in [6.07, 6.45) is 3.52. The minimum absolute atomic E-state index is 0.317. The fourth-order valence-electron chi connectivity index (χ4n) is 1.32. The summed E-state index contributed by atoms with van der Waals surface area (Å²) in [5, 5.41) is 13.2. The predicted octanol–water partition coefficient (Wildman–Crippen LogP) is 2.22. The van der Waals surface area contributed by atoms with Crippen LogP contribution < -0.4 is 10.1 Å². The Morgan fingerprint density at radius 2 is 2.33 bits per heavy atom. The maximum Gasteiger partial charge on any atom is 0.341 e. The summed E-state index contributed by atoms with van der Waals surface area (Å²) >= 11 is 1.38. The van der Waals surface area contributed by atoms with E-state index in [-0.39, 0.29) is 6.61 Å². The van der Waals surface area contributed by atoms with Crippen molar-refractivity contribution in [1.29, 1.82) is 0 Å². The van der Waals surface area contributed by atoms with Crippen LogP contribution in [0.15, 0.2) is 36.7 Å². The molecule has 2 aromatic rings. The number of hydrogen-bond donors (Lipinski definition) is 2. The van der Waals surface area contributed by atoms with Crippen LogP contribution in [0.3, 0.4) is 0 Å². The first-order valence-electron chi connectivity index (χ1n) is 5.31. The molecule has 18 heavy (non-hydrogen) atoms. The molecule has 0 atom stereocenters. The number of hydrogen-bond acceptors (Lipinski definition) is 5. The van der Waals surface area contributed by atoms with Crippen molar-refractivity contribution in [2.75, 3.05) is 11.9 Å². The molecule has 2 rings (SSSR count). The van der Waals surface area contributed by atoms with E-state index in [1.807, 2.05) is 18.2 Å². The lowest BCUT2D eigenvalue weighted by atomic mass is 10.3. The molecule has 2 aromatic heterocycles. The summed E-state index contributed by atoms with van der Waals surface area (Å²) in [5.41, 5.74) is 1.08. The van der Waals surface area contributed by atoms with E-state index in [2.05, 4.69) is 10.3 Å². The van der Waals surface area contributed by atoms with Gasteiger partial charge in [-0.25, -0.2) is 4.79 Å². The normalized spacial score (nSPS) is 10.0. The summed E-state index contributed by atoms with van der Waals surface area (Å²) in [4.78, 5) is 14.4. The van der Waals surface area contributed by atoms with Gasteiger partial charge < -0.3 is 15.2 Å². The number of carboxylic acids is 1. The lowest BCUT2D eigenvalue weighted by Gasteiger charge is -2.02. The first kappa shape index (κ1) is 12.4. The van der Waals surface area contributed by atoms with Crippen LogP contribution in [0.2, 0.25) is 0 Å². The number of carboxylic acid groups (broad SMARTS) is 1. The Balaban J connectivity index is 1.85. The maximum atomic E-state index is 10.3. The van der Waals surface area contributed by atoms with Crippen LogP contribution in [0.5, 0.6) is 5.06 Å². The van der Waals surface area contributed by atoms with Crippen molar-refractivity contribution in [3.05, 3.63) is 42.2 Å². The van der Waals surface area contributed by atoms with Crippen LogP contribution in [0.4, 0.5) is 5.00 Å². The molecule has 0 spiro atoms. The average Bonchev–Trinajstić information content (AvgIpc) is 2.83. The van der Waals surface area contributed by atoms with E-state index in [4.69, 9.17) is 9.84 Å². The second-order valence-corrected chi connectivity index (χ2v) is 4.56. The molecule has 6 heteroatoms. The highest BCUT2D eigenvalue weighted by atomic mass is 32.1. The van der Waals surface area contributed by atoms with E-state index in [0.29, 0.717) is 11.6 Å². The molecule has 0 unspecified atom stereocenters. The Bertz CT molecular complexity index is 513. The monoisotopic (exact) mass is 264 g/mol. The van der Waals surface area contributed by atoms with Crippen LogP contribution in [0.1, 0.15) is 5.56 Å². The Hall–Kier alpha value is -2.08. The predicted molar refractivity (Wildman–Crippen MR) is 69.0 cm³/mol. The Kier molecular flexibility index (Phi) is 4.14. The van der Waals surface area contributed by atoms with Gasteiger partial charge in [0.2, 0.25) is 0 Å². The highest BCUT2D eigenvalue weighted by Crippen LogP contribution is 2.29. The number of rotatable bonds is 6. The van der Waals surface area contributed by atoms with Gasteiger partial charge in [-0.1, -0.05) is 17.4 Å². The number of pyridine rings is 1. The zero-order valence-electron chi connectivity index (χ0n) is 9.50. The molecule has 0 saturated carbocycles. The van der Waals surface area contributed by atoms with Crippen molar-refractivity contribution in [3.8, 4) is 5.06 Å². The first-order chi connectivity index (χ1) is 8.74. The highest BCUT2D eigenvalue weighted by molar-refractivity contribution is 7.17. The van der Waals surface area contributed by atoms with Crippen LogP contribution in [0, 0.1) is 0 Å². The average molecular weight is 264 g/mol. The van der Waals surface area contributed by atoms with Crippen molar-refractivity contribution >= 4 is 22.3 Å². The van der Waals surface area contributed by atoms with Crippen LogP contribution in [0.25, 0.3) is 0 Å². The van der Waals surface area contributed by atoms with Gasteiger partial charge in [0.05, 0.1) is 5.00 Å². The second-order valence-electron chi connectivity index (χ2n) is 3.52. The lowest BCUT2D eigenvalue weighted by molar-refractivity contribution is -0.139. The number of aromatic nitrogens is 1. The number of aliphatic carboxylic acids is 1. The summed E-state index contributed by atoms with van der Waals surface area (Å²) in [7, 11) is 0. The molecular weight excluding hydrogens is 252 g/mol. The molecule has 0 aliphatic carbocycles. The van der Waals surface area contributed by atoms with Crippen LogP contribution >= 0.6 is 11.3 Å². The largest absolute Gasteiger partial charge is 0.479 e. The Labute approximate surface area is 108 Å². The molecule has 94 valence electrons. The first-order valence-corrected chi connectivity index (χ1v) is 6.13. The van der Waals surface area contributed by atoms with E-state index < -0.39 is 5.97 Å². The van der Waals surface area contributed by atoms with Crippen molar-refractivity contribution < 1.29 is 14.6 Å². The summed E-state index contributed by atoms with van der Waals surface area (Å²) in [5.74, 6) is -0.978.